The van der Waals surface area contributed by atoms with Crippen LogP contribution in [-0.4, -0.2) is 44.6 Å². The number of nitrogens with zero attached hydrogens (tertiary/aromatic N) is 1. The molecule has 2 amide bonds. The second kappa shape index (κ2) is 4.60. The van der Waals surface area contributed by atoms with Crippen molar-refractivity contribution in [2.75, 3.05) is 6.54 Å². The van der Waals surface area contributed by atoms with E-state index in [4.69, 9.17) is 5.11 Å². The molecule has 1 aromatic rings. The maximum Gasteiger partial charge on any atom is 0.323 e. The Labute approximate surface area is 143 Å². The molecule has 9 heteroatoms. The summed E-state index contributed by atoms with van der Waals surface area (Å²) in [5.74, 6) is -2.69. The molecule has 3 heterocycles. The highest BCUT2D eigenvalue weighted by atomic mass is 32.2. The fraction of sp³-hybridized carbons (Fsp3) is 0.467. The van der Waals surface area contributed by atoms with Gasteiger partial charge in [0.25, 0.3) is 0 Å². The Morgan fingerprint density at radius 1 is 1.29 bits per heavy atom. The van der Waals surface area contributed by atoms with Crippen LogP contribution in [0.5, 0.6) is 0 Å². The number of fused-ring (bicyclic) bond motifs is 9. The van der Waals surface area contributed by atoms with Gasteiger partial charge in [-0.15, -0.1) is 0 Å². The van der Waals surface area contributed by atoms with E-state index in [0.717, 1.165) is 38.1 Å². The lowest BCUT2D eigenvalue weighted by Crippen LogP contribution is -2.37. The second-order valence-corrected chi connectivity index (χ2v) is 8.77. The number of carbonyl (C=O) groups excluding carboxylic acids is 2. The van der Waals surface area contributed by atoms with Gasteiger partial charge in [-0.25, -0.2) is 0 Å². The minimum atomic E-state index is -1.17. The van der Waals surface area contributed by atoms with Crippen LogP contribution in [0.25, 0.3) is 6.08 Å². The lowest BCUT2D eigenvalue weighted by Gasteiger charge is -2.32. The maximum atomic E-state index is 12.6. The van der Waals surface area contributed by atoms with Gasteiger partial charge in [-0.05, 0) is 24.3 Å². The molecule has 2 N–H and O–H groups in total. The number of imide groups is 1. The number of aliphatic carboxylic acids is 1. The van der Waals surface area contributed by atoms with Crippen molar-refractivity contribution in [1.29, 1.82) is 0 Å². The van der Waals surface area contributed by atoms with Crippen LogP contribution in [0.2, 0.25) is 0 Å². The van der Waals surface area contributed by atoms with Crippen molar-refractivity contribution in [3.63, 3.8) is 0 Å². The number of H-pyrrole nitrogens is 1. The first-order valence-electron chi connectivity index (χ1n) is 7.64. The number of aromatic nitrogens is 1. The van der Waals surface area contributed by atoms with E-state index in [1.165, 1.54) is 0 Å². The second-order valence-electron chi connectivity index (χ2n) is 6.60. The summed E-state index contributed by atoms with van der Waals surface area (Å²) in [5.41, 5.74) is 1.13. The van der Waals surface area contributed by atoms with Crippen LogP contribution in [-0.2, 0) is 14.4 Å². The fourth-order valence-corrected chi connectivity index (χ4v) is 7.21. The van der Waals surface area contributed by atoms with Crippen molar-refractivity contribution in [1.82, 2.24) is 9.88 Å². The molecule has 7 nitrogen and oxygen atoms in total. The Morgan fingerprint density at radius 2 is 2.04 bits per heavy atom. The first kappa shape index (κ1) is 14.5. The van der Waals surface area contributed by atoms with Crippen molar-refractivity contribution in [3.05, 3.63) is 20.1 Å². The average Bonchev–Trinajstić information content (AvgIpc) is 3.21. The number of carbonyl (C=O) groups is 3. The minimum absolute atomic E-state index is 0.0157. The van der Waals surface area contributed by atoms with Gasteiger partial charge in [0.2, 0.25) is 11.8 Å². The van der Waals surface area contributed by atoms with E-state index in [0.29, 0.717) is 0 Å². The number of amides is 2. The van der Waals surface area contributed by atoms with Gasteiger partial charge in [0.1, 0.15) is 6.54 Å². The predicted octanol–water partition coefficient (Wildman–Crippen LogP) is 0.630. The van der Waals surface area contributed by atoms with Gasteiger partial charge in [-0.2, -0.15) is 0 Å². The van der Waals surface area contributed by atoms with E-state index < -0.39 is 24.3 Å². The summed E-state index contributed by atoms with van der Waals surface area (Å²) in [6.07, 6.45) is 2.79. The number of hydrogen-bond donors (Lipinski definition) is 2. The molecule has 5 rings (SSSR count). The van der Waals surface area contributed by atoms with Gasteiger partial charge < -0.3 is 10.1 Å². The largest absolute Gasteiger partial charge is 0.480 e. The third-order valence-electron chi connectivity index (χ3n) is 5.53. The number of likely N-dealkylation sites (tertiary alicyclic amines) is 1. The minimum Gasteiger partial charge on any atom is -0.480 e. The van der Waals surface area contributed by atoms with E-state index in [-0.39, 0.29) is 33.8 Å². The van der Waals surface area contributed by atoms with E-state index in [1.807, 2.05) is 6.08 Å². The first-order chi connectivity index (χ1) is 11.5. The zero-order valence-corrected chi connectivity index (χ0v) is 13.9. The highest BCUT2D eigenvalue weighted by Gasteiger charge is 2.66. The zero-order valence-electron chi connectivity index (χ0n) is 12.2. The van der Waals surface area contributed by atoms with Crippen molar-refractivity contribution in [2.24, 2.45) is 23.7 Å². The van der Waals surface area contributed by atoms with Crippen LogP contribution in [0.15, 0.2) is 15.4 Å². The molecule has 2 aliphatic carbocycles. The van der Waals surface area contributed by atoms with Crippen LogP contribution < -0.4 is 4.87 Å². The van der Waals surface area contributed by atoms with Gasteiger partial charge in [-0.3, -0.25) is 24.1 Å². The molecule has 2 bridgehead atoms. The van der Waals surface area contributed by atoms with Gasteiger partial charge >= 0.3 is 10.8 Å². The molecular formula is C15H12N2O5S2. The smallest absolute Gasteiger partial charge is 0.323 e. The van der Waals surface area contributed by atoms with Gasteiger partial charge in [0.05, 0.1) is 21.7 Å². The van der Waals surface area contributed by atoms with Crippen LogP contribution in [0, 0.1) is 23.7 Å². The van der Waals surface area contributed by atoms with Crippen molar-refractivity contribution in [3.8, 4) is 0 Å². The van der Waals surface area contributed by atoms with E-state index in [2.05, 4.69) is 4.98 Å². The standard InChI is InChI=1S/C15H12N2O5S2/c18-8(19)3-17-13(20)9-4-1-6(10(9)14(17)21)11-5(4)2-7-12(24-11)16-15(22)23-7/h2,4,6,9-11H,1,3H2,(H,16,22)(H,18,19)/t4-,6+,9+,10+,11+/m0/s1. The Kier molecular flexibility index (Phi) is 2.78. The Bertz CT molecular complexity index is 900. The van der Waals surface area contributed by atoms with E-state index >= 15 is 0 Å². The summed E-state index contributed by atoms with van der Waals surface area (Å²) in [6, 6.07) is 0. The Balaban J connectivity index is 1.55. The highest BCUT2D eigenvalue weighted by Crippen LogP contribution is 2.64. The van der Waals surface area contributed by atoms with Crippen LogP contribution in [0.1, 0.15) is 11.3 Å². The quantitative estimate of drug-likeness (QED) is 0.746. The average molecular weight is 364 g/mol. The van der Waals surface area contributed by atoms with E-state index in [9.17, 15) is 19.2 Å². The molecule has 0 unspecified atom stereocenters. The van der Waals surface area contributed by atoms with Gasteiger partial charge in [0.15, 0.2) is 0 Å². The SMILES string of the molecule is O=C(O)CN1C(=O)[C@@H]2[C@H]3C[C@@H](C4=Cc5sc(=O)[nH]c5S[C@H]43)[C@H]2C1=O. The number of thiazole rings is 1. The molecule has 5 atom stereocenters. The summed E-state index contributed by atoms with van der Waals surface area (Å²) in [4.78, 5) is 52.2. The molecule has 3 fully saturated rings. The molecule has 24 heavy (non-hydrogen) atoms. The Morgan fingerprint density at radius 3 is 2.79 bits per heavy atom. The fourth-order valence-electron chi connectivity index (χ4n) is 4.77. The molecule has 1 aromatic heterocycles. The third-order valence-corrected chi connectivity index (χ3v) is 7.93. The molecule has 4 aliphatic rings. The summed E-state index contributed by atoms with van der Waals surface area (Å²) >= 11 is 2.72. The topological polar surface area (TPSA) is 108 Å². The van der Waals surface area contributed by atoms with Crippen molar-refractivity contribution in [2.45, 2.75) is 16.7 Å². The number of hydrogen-bond acceptors (Lipinski definition) is 6. The van der Waals surface area contributed by atoms with Crippen molar-refractivity contribution < 1.29 is 19.5 Å². The molecule has 2 saturated carbocycles. The summed E-state index contributed by atoms with van der Waals surface area (Å²) in [6.45, 7) is -0.554. The van der Waals surface area contributed by atoms with Crippen LogP contribution in [0.3, 0.4) is 0 Å². The lowest BCUT2D eigenvalue weighted by atomic mass is 9.77. The normalized spacial score (nSPS) is 35.8. The first-order valence-corrected chi connectivity index (χ1v) is 9.33. The third kappa shape index (κ3) is 1.68. The number of aromatic amines is 1. The maximum absolute atomic E-state index is 12.6. The number of thioether (sulfide) groups is 1. The molecule has 0 aromatic carbocycles. The number of carboxylic acid groups (broad SMARTS) is 1. The molecule has 124 valence electrons. The summed E-state index contributed by atoms with van der Waals surface area (Å²) in [5, 5.41) is 9.88. The predicted molar refractivity (Wildman–Crippen MR) is 85.5 cm³/mol. The Hall–Kier alpha value is -1.87. The van der Waals surface area contributed by atoms with Crippen LogP contribution in [0.4, 0.5) is 0 Å². The molecule has 2 aliphatic heterocycles. The molecule has 0 spiro atoms. The monoisotopic (exact) mass is 364 g/mol. The number of carboxylic acids is 1. The van der Waals surface area contributed by atoms with Crippen molar-refractivity contribution >= 4 is 47.0 Å². The molecular weight excluding hydrogens is 352 g/mol. The highest BCUT2D eigenvalue weighted by molar-refractivity contribution is 8.00. The van der Waals surface area contributed by atoms with Gasteiger partial charge in [-0.1, -0.05) is 28.7 Å². The van der Waals surface area contributed by atoms with Crippen LogP contribution >= 0.6 is 23.1 Å². The summed E-state index contributed by atoms with van der Waals surface area (Å²) < 4.78 is 0. The number of rotatable bonds is 2. The summed E-state index contributed by atoms with van der Waals surface area (Å²) in [7, 11) is 0. The number of nitrogens with one attached hydrogen (secondary N) is 1. The van der Waals surface area contributed by atoms with E-state index in [1.54, 1.807) is 11.8 Å². The zero-order chi connectivity index (χ0) is 16.7. The lowest BCUT2D eigenvalue weighted by molar-refractivity contribution is -0.149. The molecule has 0 radical (unpaired) electrons. The molecule has 1 saturated heterocycles. The van der Waals surface area contributed by atoms with Gasteiger partial charge in [0, 0.05) is 5.25 Å².